The van der Waals surface area contributed by atoms with Crippen molar-refractivity contribution in [3.63, 3.8) is 0 Å². The quantitative estimate of drug-likeness (QED) is 0.770. The normalized spacial score (nSPS) is 16.2. The molecule has 0 aliphatic heterocycles. The number of aromatic nitrogens is 2. The molecule has 106 valence electrons. The van der Waals surface area contributed by atoms with Gasteiger partial charge in [0.25, 0.3) is 5.91 Å². The number of aryl methyl sites for hydroxylation is 1. The van der Waals surface area contributed by atoms with Gasteiger partial charge in [0.15, 0.2) is 5.69 Å². The van der Waals surface area contributed by atoms with Gasteiger partial charge in [0.05, 0.1) is 12.6 Å². The first-order chi connectivity index (χ1) is 8.90. The van der Waals surface area contributed by atoms with Crippen LogP contribution in [0.3, 0.4) is 0 Å². The second-order valence-electron chi connectivity index (χ2n) is 6.50. The van der Waals surface area contributed by atoms with E-state index in [9.17, 15) is 9.90 Å². The second-order valence-corrected chi connectivity index (χ2v) is 6.50. The Kier molecular flexibility index (Phi) is 3.94. The van der Waals surface area contributed by atoms with Crippen molar-refractivity contribution in [3.8, 4) is 0 Å². The molecule has 5 nitrogen and oxygen atoms in total. The molecule has 0 spiro atoms. The molecule has 2 rings (SSSR count). The van der Waals surface area contributed by atoms with Gasteiger partial charge < -0.3 is 10.4 Å². The standard InChI is InChI=1S/C14H23N3O2/c1-14(2,3)7-9(8-18)15-13(19)12-10-5-4-6-11(10)16-17-12/h9,18H,4-8H2,1-3H3,(H,15,19)(H,16,17). The van der Waals surface area contributed by atoms with Gasteiger partial charge >= 0.3 is 0 Å². The average molecular weight is 265 g/mol. The summed E-state index contributed by atoms with van der Waals surface area (Å²) in [6.07, 6.45) is 3.70. The van der Waals surface area contributed by atoms with E-state index in [1.54, 1.807) is 0 Å². The first kappa shape index (κ1) is 14.1. The van der Waals surface area contributed by atoms with Crippen molar-refractivity contribution in [1.82, 2.24) is 15.5 Å². The lowest BCUT2D eigenvalue weighted by atomic mass is 9.88. The molecule has 19 heavy (non-hydrogen) atoms. The van der Waals surface area contributed by atoms with Crippen molar-refractivity contribution >= 4 is 5.91 Å². The van der Waals surface area contributed by atoms with Crippen LogP contribution in [0.2, 0.25) is 0 Å². The summed E-state index contributed by atoms with van der Waals surface area (Å²) in [6.45, 7) is 6.23. The Labute approximate surface area is 113 Å². The molecule has 0 bridgehead atoms. The lowest BCUT2D eigenvalue weighted by Gasteiger charge is -2.25. The van der Waals surface area contributed by atoms with Gasteiger partial charge in [0, 0.05) is 11.3 Å². The molecule has 0 aromatic carbocycles. The zero-order valence-electron chi connectivity index (χ0n) is 11.9. The minimum atomic E-state index is -0.221. The summed E-state index contributed by atoms with van der Waals surface area (Å²) in [5.41, 5.74) is 2.69. The van der Waals surface area contributed by atoms with Crippen molar-refractivity contribution in [2.75, 3.05) is 6.61 Å². The molecular weight excluding hydrogens is 242 g/mol. The number of aliphatic hydroxyl groups is 1. The fourth-order valence-electron chi connectivity index (χ4n) is 2.66. The third kappa shape index (κ3) is 3.35. The van der Waals surface area contributed by atoms with Crippen LogP contribution in [0.5, 0.6) is 0 Å². The Morgan fingerprint density at radius 1 is 1.47 bits per heavy atom. The van der Waals surface area contributed by atoms with Gasteiger partial charge in [-0.1, -0.05) is 20.8 Å². The van der Waals surface area contributed by atoms with E-state index in [1.807, 2.05) is 0 Å². The van der Waals surface area contributed by atoms with E-state index in [2.05, 4.69) is 36.3 Å². The number of carbonyl (C=O) groups excluding carboxylic acids is 1. The lowest BCUT2D eigenvalue weighted by Crippen LogP contribution is -2.40. The Morgan fingerprint density at radius 3 is 2.84 bits per heavy atom. The molecule has 1 amide bonds. The number of nitrogens with one attached hydrogen (secondary N) is 2. The highest BCUT2D eigenvalue weighted by Gasteiger charge is 2.26. The number of aromatic amines is 1. The van der Waals surface area contributed by atoms with Crippen molar-refractivity contribution < 1.29 is 9.90 Å². The summed E-state index contributed by atoms with van der Waals surface area (Å²) in [4.78, 5) is 12.2. The van der Waals surface area contributed by atoms with E-state index in [1.165, 1.54) is 0 Å². The first-order valence-corrected chi connectivity index (χ1v) is 6.88. The van der Waals surface area contributed by atoms with Crippen LogP contribution in [-0.2, 0) is 12.8 Å². The molecule has 3 N–H and O–H groups in total. The minimum Gasteiger partial charge on any atom is -0.394 e. The molecule has 1 aliphatic carbocycles. The second kappa shape index (κ2) is 5.33. The zero-order valence-corrected chi connectivity index (χ0v) is 11.9. The van der Waals surface area contributed by atoms with E-state index < -0.39 is 0 Å². The Balaban J connectivity index is 2.03. The summed E-state index contributed by atoms with van der Waals surface area (Å²) in [6, 6.07) is -0.221. The number of nitrogens with zero attached hydrogens (tertiary/aromatic N) is 1. The molecule has 0 saturated heterocycles. The minimum absolute atomic E-state index is 0.0460. The van der Waals surface area contributed by atoms with Crippen molar-refractivity contribution in [2.45, 2.75) is 52.5 Å². The third-order valence-corrected chi connectivity index (χ3v) is 3.44. The molecule has 0 fully saturated rings. The fourth-order valence-corrected chi connectivity index (χ4v) is 2.66. The highest BCUT2D eigenvalue weighted by molar-refractivity contribution is 5.94. The highest BCUT2D eigenvalue weighted by atomic mass is 16.3. The molecule has 1 aromatic heterocycles. The average Bonchev–Trinajstić information content (AvgIpc) is 2.87. The molecular formula is C14H23N3O2. The van der Waals surface area contributed by atoms with Gasteiger partial charge in [-0.15, -0.1) is 0 Å². The summed E-state index contributed by atoms with van der Waals surface area (Å²) in [5, 5.41) is 19.3. The van der Waals surface area contributed by atoms with Crippen LogP contribution in [0.4, 0.5) is 0 Å². The van der Waals surface area contributed by atoms with Gasteiger partial charge in [0.1, 0.15) is 0 Å². The van der Waals surface area contributed by atoms with Crippen LogP contribution in [0.15, 0.2) is 0 Å². The van der Waals surface area contributed by atoms with Gasteiger partial charge in [-0.3, -0.25) is 9.89 Å². The van der Waals surface area contributed by atoms with E-state index in [-0.39, 0.29) is 24.0 Å². The molecule has 1 atom stereocenters. The molecule has 1 unspecified atom stereocenters. The van der Waals surface area contributed by atoms with Crippen molar-refractivity contribution in [3.05, 3.63) is 17.0 Å². The SMILES string of the molecule is CC(C)(C)CC(CO)NC(=O)c1n[nH]c2c1CCC2. The number of rotatable bonds is 4. The number of H-pyrrole nitrogens is 1. The van der Waals surface area contributed by atoms with Gasteiger partial charge in [-0.2, -0.15) is 5.10 Å². The fraction of sp³-hybridized carbons (Fsp3) is 0.714. The smallest absolute Gasteiger partial charge is 0.272 e. The van der Waals surface area contributed by atoms with Crippen LogP contribution in [0.1, 0.15) is 55.4 Å². The number of hydrogen-bond acceptors (Lipinski definition) is 3. The molecule has 5 heteroatoms. The van der Waals surface area contributed by atoms with E-state index in [0.29, 0.717) is 5.69 Å². The topological polar surface area (TPSA) is 78.0 Å². The van der Waals surface area contributed by atoms with Crippen molar-refractivity contribution in [2.24, 2.45) is 5.41 Å². The predicted molar refractivity (Wildman–Crippen MR) is 73.0 cm³/mol. The molecule has 1 aromatic rings. The molecule has 1 heterocycles. The number of aliphatic hydroxyl groups excluding tert-OH is 1. The summed E-state index contributed by atoms with van der Waals surface area (Å²) in [7, 11) is 0. The van der Waals surface area contributed by atoms with Gasteiger partial charge in [-0.25, -0.2) is 0 Å². The Hall–Kier alpha value is -1.36. The summed E-state index contributed by atoms with van der Waals surface area (Å²) in [5.74, 6) is -0.178. The summed E-state index contributed by atoms with van der Waals surface area (Å²) < 4.78 is 0. The van der Waals surface area contributed by atoms with Crippen molar-refractivity contribution in [1.29, 1.82) is 0 Å². The maximum absolute atomic E-state index is 12.2. The Morgan fingerprint density at radius 2 is 2.21 bits per heavy atom. The lowest BCUT2D eigenvalue weighted by molar-refractivity contribution is 0.0891. The third-order valence-electron chi connectivity index (χ3n) is 3.44. The molecule has 0 saturated carbocycles. The van der Waals surface area contributed by atoms with Crippen LogP contribution < -0.4 is 5.32 Å². The van der Waals surface area contributed by atoms with Gasteiger partial charge in [0.2, 0.25) is 0 Å². The maximum atomic E-state index is 12.2. The number of carbonyl (C=O) groups is 1. The molecule has 0 radical (unpaired) electrons. The predicted octanol–water partition coefficient (Wildman–Crippen LogP) is 1.43. The van der Waals surface area contributed by atoms with Crippen LogP contribution in [-0.4, -0.2) is 33.9 Å². The monoisotopic (exact) mass is 265 g/mol. The first-order valence-electron chi connectivity index (χ1n) is 6.88. The van der Waals surface area contributed by atoms with E-state index >= 15 is 0 Å². The number of fused-ring (bicyclic) bond motifs is 1. The largest absolute Gasteiger partial charge is 0.394 e. The molecule has 1 aliphatic rings. The van der Waals surface area contributed by atoms with Crippen LogP contribution in [0.25, 0.3) is 0 Å². The van der Waals surface area contributed by atoms with Crippen LogP contribution in [0, 0.1) is 5.41 Å². The van der Waals surface area contributed by atoms with E-state index in [0.717, 1.165) is 36.9 Å². The maximum Gasteiger partial charge on any atom is 0.272 e. The number of amides is 1. The Bertz CT molecular complexity index is 460. The highest BCUT2D eigenvalue weighted by Crippen LogP contribution is 2.24. The summed E-state index contributed by atoms with van der Waals surface area (Å²) >= 11 is 0. The zero-order chi connectivity index (χ0) is 14.0. The van der Waals surface area contributed by atoms with Crippen LogP contribution >= 0.6 is 0 Å². The number of hydrogen-bond donors (Lipinski definition) is 3. The van der Waals surface area contributed by atoms with Gasteiger partial charge in [-0.05, 0) is 31.1 Å². The van der Waals surface area contributed by atoms with E-state index in [4.69, 9.17) is 0 Å².